The number of piperidine rings is 1. The molecule has 174 valence electrons. The van der Waals surface area contributed by atoms with Crippen LogP contribution in [0.1, 0.15) is 46.0 Å². The van der Waals surface area contributed by atoms with E-state index in [-0.39, 0.29) is 35.9 Å². The molecule has 1 saturated heterocycles. The van der Waals surface area contributed by atoms with Gasteiger partial charge >= 0.3 is 6.36 Å². The number of carbonyl (C=O) groups excluding carboxylic acids is 1. The number of benzene rings is 1. The first-order chi connectivity index (χ1) is 14.5. The van der Waals surface area contributed by atoms with E-state index in [1.807, 2.05) is 0 Å². The quantitative estimate of drug-likeness (QED) is 0.720. The van der Waals surface area contributed by atoms with Crippen LogP contribution in [0.5, 0.6) is 5.75 Å². The Morgan fingerprint density at radius 2 is 1.81 bits per heavy atom. The van der Waals surface area contributed by atoms with Crippen LogP contribution in [0.4, 0.5) is 13.2 Å². The summed E-state index contributed by atoms with van der Waals surface area (Å²) in [6.07, 6.45) is -0.938. The number of ether oxygens (including phenoxy) is 1. The number of nitrogens with zero attached hydrogens (tertiary/aromatic N) is 1. The molecule has 0 aromatic heterocycles. The summed E-state index contributed by atoms with van der Waals surface area (Å²) in [5.41, 5.74) is 0. The molecule has 1 aliphatic carbocycles. The van der Waals surface area contributed by atoms with Crippen molar-refractivity contribution in [1.82, 2.24) is 9.62 Å². The van der Waals surface area contributed by atoms with Crippen LogP contribution in [0, 0.1) is 17.8 Å². The smallest absolute Gasteiger partial charge is 0.406 e. The van der Waals surface area contributed by atoms with Gasteiger partial charge < -0.3 is 10.1 Å². The Kier molecular flexibility index (Phi) is 7.20. The molecule has 0 spiro atoms. The maximum atomic E-state index is 12.9. The van der Waals surface area contributed by atoms with Crippen molar-refractivity contribution in [3.05, 3.63) is 24.3 Å². The molecule has 1 aromatic carbocycles. The molecule has 6 nitrogen and oxygen atoms in total. The van der Waals surface area contributed by atoms with Gasteiger partial charge in [-0.25, -0.2) is 8.42 Å². The van der Waals surface area contributed by atoms with Crippen LogP contribution in [0.15, 0.2) is 29.2 Å². The third kappa shape index (κ3) is 5.91. The van der Waals surface area contributed by atoms with Crippen LogP contribution in [0.3, 0.4) is 0 Å². The van der Waals surface area contributed by atoms with Crippen molar-refractivity contribution in [2.45, 2.75) is 63.3 Å². The number of hydrogen-bond donors (Lipinski definition) is 1. The average molecular weight is 463 g/mol. The van der Waals surface area contributed by atoms with Crippen LogP contribution >= 0.6 is 0 Å². The molecular formula is C21H29F3N2O4S. The zero-order valence-corrected chi connectivity index (χ0v) is 18.5. The molecule has 3 atom stereocenters. The Hall–Kier alpha value is -1.81. The van der Waals surface area contributed by atoms with Gasteiger partial charge in [-0.1, -0.05) is 32.8 Å². The second-order valence-electron chi connectivity index (χ2n) is 8.58. The molecule has 3 rings (SSSR count). The van der Waals surface area contributed by atoms with Crippen molar-refractivity contribution in [2.75, 3.05) is 13.1 Å². The Bertz CT molecular complexity index is 883. The molecule has 1 saturated carbocycles. The number of rotatable bonds is 5. The van der Waals surface area contributed by atoms with Crippen molar-refractivity contribution in [3.63, 3.8) is 0 Å². The number of carbonyl (C=O) groups is 1. The summed E-state index contributed by atoms with van der Waals surface area (Å²) in [5.74, 6) is 0.0745. The molecule has 2 fully saturated rings. The number of amides is 1. The van der Waals surface area contributed by atoms with Gasteiger partial charge in [-0.2, -0.15) is 4.31 Å². The maximum Gasteiger partial charge on any atom is 0.573 e. The highest BCUT2D eigenvalue weighted by molar-refractivity contribution is 7.89. The van der Waals surface area contributed by atoms with E-state index in [0.29, 0.717) is 24.7 Å². The lowest BCUT2D eigenvalue weighted by molar-refractivity contribution is -0.274. The first-order valence-electron chi connectivity index (χ1n) is 10.6. The summed E-state index contributed by atoms with van der Waals surface area (Å²) >= 11 is 0. The highest BCUT2D eigenvalue weighted by Crippen LogP contribution is 2.31. The lowest BCUT2D eigenvalue weighted by Gasteiger charge is -2.36. The molecule has 10 heteroatoms. The standard InChI is InChI=1S/C21H29F3N2O4S/c1-14-5-3-8-19(15(14)2)25-20(27)16-9-11-26(12-10-16)31(28,29)18-7-4-6-17(13-18)30-21(22,23)24/h4,6-7,13-16,19H,3,5,8-12H2,1-2H3,(H,25,27). The number of sulfonamides is 1. The highest BCUT2D eigenvalue weighted by atomic mass is 32.2. The van der Waals surface area contributed by atoms with Gasteiger partial charge in [0.1, 0.15) is 5.75 Å². The van der Waals surface area contributed by atoms with E-state index in [1.54, 1.807) is 0 Å². The normalized spacial score (nSPS) is 26.4. The Morgan fingerprint density at radius 1 is 1.13 bits per heavy atom. The molecule has 1 aliphatic heterocycles. The van der Waals surface area contributed by atoms with Gasteiger partial charge in [-0.05, 0) is 43.2 Å². The van der Waals surface area contributed by atoms with Gasteiger partial charge in [-0.15, -0.1) is 13.2 Å². The molecular weight excluding hydrogens is 433 g/mol. The second kappa shape index (κ2) is 9.36. The van der Waals surface area contributed by atoms with Crippen LogP contribution in [0.2, 0.25) is 0 Å². The predicted molar refractivity (Wildman–Crippen MR) is 109 cm³/mol. The first-order valence-corrected chi connectivity index (χ1v) is 12.1. The number of hydrogen-bond acceptors (Lipinski definition) is 4. The summed E-state index contributed by atoms with van der Waals surface area (Å²) in [5, 5.41) is 3.15. The van der Waals surface area contributed by atoms with Gasteiger partial charge in [-0.3, -0.25) is 4.79 Å². The molecule has 1 amide bonds. The highest BCUT2D eigenvalue weighted by Gasteiger charge is 2.35. The van der Waals surface area contributed by atoms with E-state index in [9.17, 15) is 26.4 Å². The summed E-state index contributed by atoms with van der Waals surface area (Å²) in [7, 11) is -3.98. The minimum atomic E-state index is -4.90. The lowest BCUT2D eigenvalue weighted by Crippen LogP contribution is -2.48. The van der Waals surface area contributed by atoms with E-state index >= 15 is 0 Å². The second-order valence-corrected chi connectivity index (χ2v) is 10.5. The lowest BCUT2D eigenvalue weighted by atomic mass is 9.78. The van der Waals surface area contributed by atoms with Crippen LogP contribution in [-0.4, -0.2) is 44.1 Å². The van der Waals surface area contributed by atoms with Crippen molar-refractivity contribution < 1.29 is 31.1 Å². The number of alkyl halides is 3. The first kappa shape index (κ1) is 23.8. The monoisotopic (exact) mass is 462 g/mol. The summed E-state index contributed by atoms with van der Waals surface area (Å²) < 4.78 is 68.1. The fraction of sp³-hybridized carbons (Fsp3) is 0.667. The minimum Gasteiger partial charge on any atom is -0.406 e. The predicted octanol–water partition coefficient (Wildman–Crippen LogP) is 3.93. The molecule has 2 aliphatic rings. The van der Waals surface area contributed by atoms with E-state index in [4.69, 9.17) is 0 Å². The maximum absolute atomic E-state index is 12.9. The van der Waals surface area contributed by atoms with Crippen molar-refractivity contribution in [3.8, 4) is 5.75 Å². The van der Waals surface area contributed by atoms with E-state index in [1.165, 1.54) is 22.9 Å². The third-order valence-corrected chi connectivity index (χ3v) is 8.43. The average Bonchev–Trinajstić information content (AvgIpc) is 2.70. The van der Waals surface area contributed by atoms with E-state index < -0.39 is 22.1 Å². The van der Waals surface area contributed by atoms with Crippen LogP contribution < -0.4 is 10.1 Å². The molecule has 1 heterocycles. The molecule has 31 heavy (non-hydrogen) atoms. The van der Waals surface area contributed by atoms with Gasteiger partial charge in [0.25, 0.3) is 0 Å². The van der Waals surface area contributed by atoms with Crippen molar-refractivity contribution in [1.29, 1.82) is 0 Å². The molecule has 0 radical (unpaired) electrons. The molecule has 1 N–H and O–H groups in total. The Labute approximate surface area is 181 Å². The SMILES string of the molecule is CC1CCCC(NC(=O)C2CCN(S(=O)(=O)c3cccc(OC(F)(F)F)c3)CC2)C1C. The fourth-order valence-electron chi connectivity index (χ4n) is 4.43. The molecule has 0 bridgehead atoms. The minimum absolute atomic E-state index is 0.0384. The largest absolute Gasteiger partial charge is 0.573 e. The molecule has 1 aromatic rings. The number of nitrogens with one attached hydrogen (secondary N) is 1. The summed E-state index contributed by atoms with van der Waals surface area (Å²) in [6, 6.07) is 4.52. The van der Waals surface area contributed by atoms with Gasteiger partial charge in [0.2, 0.25) is 15.9 Å². The van der Waals surface area contributed by atoms with E-state index in [2.05, 4.69) is 23.9 Å². The van der Waals surface area contributed by atoms with Gasteiger partial charge in [0, 0.05) is 31.1 Å². The van der Waals surface area contributed by atoms with Gasteiger partial charge in [0.15, 0.2) is 0 Å². The zero-order valence-electron chi connectivity index (χ0n) is 17.7. The van der Waals surface area contributed by atoms with Crippen molar-refractivity contribution in [2.24, 2.45) is 17.8 Å². The third-order valence-electron chi connectivity index (χ3n) is 6.54. The molecule has 3 unspecified atom stereocenters. The van der Waals surface area contributed by atoms with Crippen LogP contribution in [0.25, 0.3) is 0 Å². The van der Waals surface area contributed by atoms with Gasteiger partial charge in [0.05, 0.1) is 4.90 Å². The van der Waals surface area contributed by atoms with E-state index in [0.717, 1.165) is 25.0 Å². The van der Waals surface area contributed by atoms with Crippen LogP contribution in [-0.2, 0) is 14.8 Å². The Balaban J connectivity index is 1.60. The summed E-state index contributed by atoms with van der Waals surface area (Å²) in [4.78, 5) is 12.5. The zero-order chi connectivity index (χ0) is 22.8. The fourth-order valence-corrected chi connectivity index (χ4v) is 5.93. The topological polar surface area (TPSA) is 75.7 Å². The number of halogens is 3. The summed E-state index contributed by atoms with van der Waals surface area (Å²) in [6.45, 7) is 4.63. The Morgan fingerprint density at radius 3 is 2.45 bits per heavy atom. The van der Waals surface area contributed by atoms with Crippen molar-refractivity contribution >= 4 is 15.9 Å².